The highest BCUT2D eigenvalue weighted by Gasteiger charge is 2.42. The average molecular weight is 812 g/mol. The Hall–Kier alpha value is -5.44. The van der Waals surface area contributed by atoms with Gasteiger partial charge in [-0.2, -0.15) is 0 Å². The van der Waals surface area contributed by atoms with Crippen LogP contribution in [0.5, 0.6) is 11.5 Å². The largest absolute Gasteiger partial charge is 0.497 e. The van der Waals surface area contributed by atoms with Crippen LogP contribution in [0.4, 0.5) is 5.69 Å². The number of sulfonamides is 1. The molecule has 3 aliphatic rings. The maximum atomic E-state index is 13.4. The molecule has 1 aliphatic heterocycles. The van der Waals surface area contributed by atoms with Crippen molar-refractivity contribution >= 4 is 56.3 Å². The molecule has 15 heteroatoms. The van der Waals surface area contributed by atoms with Gasteiger partial charge in [-0.25, -0.2) is 8.42 Å². The number of hydrogen-bond acceptors (Lipinski definition) is 9. The number of hydrogen-bond donors (Lipinski definition) is 4. The summed E-state index contributed by atoms with van der Waals surface area (Å²) in [5.41, 5.74) is 0.365. The number of likely N-dealkylation sites (tertiary alicyclic amines) is 1. The molecule has 2 atom stereocenters. The van der Waals surface area contributed by atoms with Gasteiger partial charge in [-0.15, -0.1) is 38.9 Å². The fourth-order valence-electron chi connectivity index (χ4n) is 5.44. The van der Waals surface area contributed by atoms with E-state index in [1.807, 2.05) is 45.0 Å². The summed E-state index contributed by atoms with van der Waals surface area (Å²) in [4.78, 5) is 51.4. The summed E-state index contributed by atoms with van der Waals surface area (Å²) in [5.74, 6) is 1.36. The maximum absolute atomic E-state index is 13.4. The van der Waals surface area contributed by atoms with Crippen molar-refractivity contribution in [2.45, 2.75) is 82.7 Å². The van der Waals surface area contributed by atoms with Crippen LogP contribution >= 0.6 is 11.6 Å². The fraction of sp³-hybridized carbons (Fsp3) is 0.415. The first-order valence-electron chi connectivity index (χ1n) is 17.7. The Morgan fingerprint density at radius 2 is 1.62 bits per heavy atom. The van der Waals surface area contributed by atoms with Crippen molar-refractivity contribution in [3.63, 3.8) is 0 Å². The van der Waals surface area contributed by atoms with Gasteiger partial charge >= 0.3 is 0 Å². The summed E-state index contributed by atoms with van der Waals surface area (Å²) in [6.45, 7) is 12.8. The van der Waals surface area contributed by atoms with Crippen LogP contribution in [0.25, 0.3) is 10.8 Å². The summed E-state index contributed by atoms with van der Waals surface area (Å²) in [6.07, 6.45) is 22.8. The number of amides is 3. The van der Waals surface area contributed by atoms with Crippen molar-refractivity contribution in [1.29, 1.82) is 0 Å². The highest BCUT2D eigenvalue weighted by atomic mass is 35.5. The Morgan fingerprint density at radius 1 is 0.982 bits per heavy atom. The van der Waals surface area contributed by atoms with Gasteiger partial charge in [-0.3, -0.25) is 23.9 Å². The van der Waals surface area contributed by atoms with Crippen LogP contribution in [0.3, 0.4) is 0 Å². The Bertz CT molecular complexity index is 1940. The van der Waals surface area contributed by atoms with E-state index in [0.29, 0.717) is 41.6 Å². The summed E-state index contributed by atoms with van der Waals surface area (Å²) in [6, 6.07) is 12.2. The second-order valence-electron chi connectivity index (χ2n) is 13.5. The molecule has 304 valence electrons. The summed E-state index contributed by atoms with van der Waals surface area (Å²) in [5, 5.41) is 7.97. The van der Waals surface area contributed by atoms with Gasteiger partial charge in [-0.05, 0) is 74.3 Å². The number of carbonyl (C=O) groups is 3. The first-order chi connectivity index (χ1) is 26.7. The molecular formula is C41H54ClN5O8S. The van der Waals surface area contributed by atoms with E-state index >= 15 is 0 Å². The predicted octanol–water partition coefficient (Wildman–Crippen LogP) is 5.51. The molecule has 6 rings (SSSR count). The number of pyridine rings is 1. The molecule has 56 heavy (non-hydrogen) atoms. The molecule has 3 aromatic rings. The van der Waals surface area contributed by atoms with E-state index < -0.39 is 16.1 Å². The molecule has 0 spiro atoms. The lowest BCUT2D eigenvalue weighted by atomic mass is 9.85. The number of anilines is 1. The molecule has 2 saturated carbocycles. The summed E-state index contributed by atoms with van der Waals surface area (Å²) < 4.78 is 33.5. The van der Waals surface area contributed by atoms with Crippen LogP contribution in [-0.4, -0.2) is 80.7 Å². The smallest absolute Gasteiger partial charge is 0.256 e. The minimum atomic E-state index is -3.26. The molecule has 2 aliphatic carbocycles. The van der Waals surface area contributed by atoms with Crippen molar-refractivity contribution in [3.05, 3.63) is 77.2 Å². The number of carbonyl (C=O) groups excluding carboxylic acids is 3. The van der Waals surface area contributed by atoms with Gasteiger partial charge in [-0.1, -0.05) is 38.4 Å². The van der Waals surface area contributed by atoms with Gasteiger partial charge in [0.15, 0.2) is 0 Å². The minimum Gasteiger partial charge on any atom is -0.497 e. The zero-order valence-electron chi connectivity index (χ0n) is 32.7. The van der Waals surface area contributed by atoms with Gasteiger partial charge in [0.1, 0.15) is 23.6 Å². The van der Waals surface area contributed by atoms with Gasteiger partial charge in [0, 0.05) is 40.9 Å². The predicted molar refractivity (Wildman–Crippen MR) is 224 cm³/mol. The third kappa shape index (κ3) is 14.7. The molecule has 3 fully saturated rings. The van der Waals surface area contributed by atoms with E-state index in [-0.39, 0.29) is 40.5 Å². The lowest BCUT2D eigenvalue weighted by Crippen LogP contribution is -2.54. The van der Waals surface area contributed by atoms with E-state index in [1.54, 1.807) is 48.2 Å². The summed E-state index contributed by atoms with van der Waals surface area (Å²) >= 11 is 5.79. The SMILES string of the molecule is C#C.C#C.C=C.COc1c[nH]c(=O)c2cc(Cl)ccc12.COc1cccc(NC(C(=O)N2CCC[C@H]2C(=O)NC2CC2)C(C)(C)C)c1.O=CNS(=O)(=O)C1CC1. The molecule has 13 nitrogen and oxygen atoms in total. The van der Waals surface area contributed by atoms with Crippen LogP contribution in [0.15, 0.2) is 66.6 Å². The zero-order valence-corrected chi connectivity index (χ0v) is 34.3. The van der Waals surface area contributed by atoms with Gasteiger partial charge in [0.2, 0.25) is 28.2 Å². The number of nitrogens with one attached hydrogen (secondary N) is 4. The van der Waals surface area contributed by atoms with Crippen molar-refractivity contribution in [2.24, 2.45) is 5.41 Å². The summed E-state index contributed by atoms with van der Waals surface area (Å²) in [7, 11) is -0.0741. The fourth-order valence-corrected chi connectivity index (χ4v) is 6.69. The quantitative estimate of drug-likeness (QED) is 0.117. The van der Waals surface area contributed by atoms with E-state index in [2.05, 4.69) is 54.5 Å². The van der Waals surface area contributed by atoms with Crippen LogP contribution < -0.4 is 30.4 Å². The van der Waals surface area contributed by atoms with Crippen LogP contribution in [0, 0.1) is 31.1 Å². The molecular weight excluding hydrogens is 758 g/mol. The molecule has 1 saturated heterocycles. The number of H-pyrrole nitrogens is 1. The van der Waals surface area contributed by atoms with Crippen LogP contribution in [0.2, 0.25) is 5.02 Å². The first-order valence-corrected chi connectivity index (χ1v) is 19.6. The Labute approximate surface area is 336 Å². The van der Waals surface area contributed by atoms with Crippen molar-refractivity contribution in [2.75, 3.05) is 26.1 Å². The van der Waals surface area contributed by atoms with Crippen LogP contribution in [0.1, 0.15) is 59.3 Å². The Morgan fingerprint density at radius 3 is 2.16 bits per heavy atom. The van der Waals surface area contributed by atoms with Crippen molar-refractivity contribution in [3.8, 4) is 37.2 Å². The number of aromatic amines is 1. The third-order valence-corrected chi connectivity index (χ3v) is 10.5. The maximum Gasteiger partial charge on any atom is 0.256 e. The monoisotopic (exact) mass is 811 g/mol. The second kappa shape index (κ2) is 23.5. The van der Waals surface area contributed by atoms with Gasteiger partial charge in [0.25, 0.3) is 5.56 Å². The average Bonchev–Trinajstić information content (AvgIpc) is 4.15. The molecule has 2 heterocycles. The molecule has 1 aromatic heterocycles. The number of aromatic nitrogens is 1. The molecule has 2 aromatic carbocycles. The molecule has 4 N–H and O–H groups in total. The standard InChI is InChI=1S/C21H31N3O3.C10H8ClNO2.C4H7NO3S.C2H4.2C2H2/c1-21(2,3)18(22-15-7-5-8-16(13-15)27-4)20(26)24-12-6-9-17(24)19(25)23-14-10-11-14;1-14-9-5-12-10(13)8-4-6(11)2-3-7(8)9;6-3-5-9(7,8)4-1-2-4;3*1-2/h5,7-8,13-14,17-18,22H,6,9-12H2,1-4H3,(H,23,25);2-5H,1H3,(H,12,13);3-4H,1-2H2,(H,5,6);1-2H2;2*1-2H/t17-,18?;;;;;/m0...../s1. The topological polar surface area (TPSA) is 176 Å². The van der Waals surface area contributed by atoms with Crippen molar-refractivity contribution in [1.82, 2.24) is 19.9 Å². The zero-order chi connectivity index (χ0) is 42.6. The minimum absolute atomic E-state index is 0.00242. The molecule has 0 radical (unpaired) electrons. The van der Waals surface area contributed by atoms with E-state index in [0.717, 1.165) is 42.5 Å². The number of fused-ring (bicyclic) bond motifs is 1. The van der Waals surface area contributed by atoms with Gasteiger partial charge in [0.05, 0.1) is 24.9 Å². The first kappa shape index (κ1) is 48.6. The number of nitrogens with zero attached hydrogens (tertiary/aromatic N) is 1. The number of methoxy groups -OCH3 is 2. The molecule has 3 amide bonds. The van der Waals surface area contributed by atoms with Gasteiger partial charge < -0.3 is 30.0 Å². The normalized spacial score (nSPS) is 15.9. The second-order valence-corrected chi connectivity index (χ2v) is 15.9. The Kier molecular flexibility index (Phi) is 20.4. The van der Waals surface area contributed by atoms with E-state index in [1.165, 1.54) is 0 Å². The van der Waals surface area contributed by atoms with E-state index in [9.17, 15) is 27.6 Å². The molecule has 1 unspecified atom stereocenters. The lowest BCUT2D eigenvalue weighted by molar-refractivity contribution is -0.140. The number of halogens is 1. The third-order valence-electron chi connectivity index (χ3n) is 8.48. The molecule has 0 bridgehead atoms. The number of ether oxygens (including phenoxy) is 2. The Balaban J connectivity index is 0.000000449. The highest BCUT2D eigenvalue weighted by Crippen LogP contribution is 2.30. The highest BCUT2D eigenvalue weighted by molar-refractivity contribution is 7.90. The number of terminal acetylenes is 2. The van der Waals surface area contributed by atoms with Crippen molar-refractivity contribution < 1.29 is 32.3 Å². The van der Waals surface area contributed by atoms with Crippen LogP contribution in [-0.2, 0) is 24.4 Å². The van der Waals surface area contributed by atoms with E-state index in [4.69, 9.17) is 21.1 Å². The number of benzene rings is 2. The number of rotatable bonds is 10. The lowest BCUT2D eigenvalue weighted by Gasteiger charge is -2.36.